The van der Waals surface area contributed by atoms with Gasteiger partial charge in [0.1, 0.15) is 34.1 Å². The summed E-state index contributed by atoms with van der Waals surface area (Å²) in [6.07, 6.45) is 3.08. The van der Waals surface area contributed by atoms with Gasteiger partial charge in [-0.25, -0.2) is 9.78 Å². The van der Waals surface area contributed by atoms with Gasteiger partial charge in [-0.15, -0.1) is 0 Å². The minimum atomic E-state index is -0.750. The van der Waals surface area contributed by atoms with Crippen LogP contribution in [0, 0.1) is 0 Å². The molecule has 1 aromatic carbocycles. The van der Waals surface area contributed by atoms with E-state index in [2.05, 4.69) is 9.98 Å². The van der Waals surface area contributed by atoms with E-state index in [4.69, 9.17) is 18.6 Å². The highest BCUT2D eigenvalue weighted by atomic mass is 16.5. The predicted molar refractivity (Wildman–Crippen MR) is 140 cm³/mol. The molecule has 0 spiro atoms. The third kappa shape index (κ3) is 4.89. The lowest BCUT2D eigenvalue weighted by atomic mass is 10.1. The highest BCUT2D eigenvalue weighted by Gasteiger charge is 2.21. The van der Waals surface area contributed by atoms with Crippen molar-refractivity contribution in [1.29, 1.82) is 0 Å². The number of hydrogen-bond acceptors (Lipinski definition) is 8. The maximum Gasteiger partial charge on any atom is 0.341 e. The molecule has 0 saturated heterocycles. The van der Waals surface area contributed by atoms with Gasteiger partial charge in [-0.3, -0.25) is 14.0 Å². The Kier molecular flexibility index (Phi) is 6.96. The molecule has 0 fully saturated rings. The standard InChI is InChI=1S/C28H24N4O7/c1-4-38-28(35)22-15-21-24(29-23-9-5-6-10-31(23)27(21)34)32(16-18-8-7-11-39-18)25(22)30-26(33)17-12-19(36-2)14-20(13-17)37-3/h5-15H,4,16H2,1-3H3. The lowest BCUT2D eigenvalue weighted by Crippen LogP contribution is -2.33. The Hall–Kier alpha value is -5.19. The molecular formula is C28H24N4O7. The molecule has 11 heteroatoms. The van der Waals surface area contributed by atoms with E-state index in [1.807, 2.05) is 0 Å². The molecule has 4 aromatic heterocycles. The number of aromatic nitrogens is 3. The zero-order valence-electron chi connectivity index (χ0n) is 21.4. The molecule has 0 aliphatic rings. The summed E-state index contributed by atoms with van der Waals surface area (Å²) < 4.78 is 24.3. The van der Waals surface area contributed by atoms with Crippen molar-refractivity contribution in [2.75, 3.05) is 20.8 Å². The minimum Gasteiger partial charge on any atom is -0.497 e. The third-order valence-corrected chi connectivity index (χ3v) is 5.99. The van der Waals surface area contributed by atoms with Crippen LogP contribution in [0.2, 0.25) is 0 Å². The number of rotatable bonds is 7. The molecule has 5 rings (SSSR count). The smallest absolute Gasteiger partial charge is 0.341 e. The Balaban J connectivity index is 1.87. The summed E-state index contributed by atoms with van der Waals surface area (Å²) in [5.41, 5.74) is 0.236. The molecule has 0 atom stereocenters. The first-order valence-corrected chi connectivity index (χ1v) is 12.0. The summed E-state index contributed by atoms with van der Waals surface area (Å²) in [6, 6.07) is 14.6. The van der Waals surface area contributed by atoms with Crippen LogP contribution in [0.3, 0.4) is 0 Å². The third-order valence-electron chi connectivity index (χ3n) is 5.99. The first kappa shape index (κ1) is 25.5. The first-order chi connectivity index (χ1) is 18.9. The van der Waals surface area contributed by atoms with Gasteiger partial charge in [0.05, 0.1) is 39.0 Å². The lowest BCUT2D eigenvalue weighted by molar-refractivity contribution is 0.0523. The molecule has 0 N–H and O–H groups in total. The molecule has 5 aromatic rings. The molecule has 4 heterocycles. The Morgan fingerprint density at radius 1 is 1.03 bits per heavy atom. The summed E-state index contributed by atoms with van der Waals surface area (Å²) in [5.74, 6) is -0.157. The fourth-order valence-electron chi connectivity index (χ4n) is 4.16. The molecule has 0 saturated carbocycles. The molecule has 0 unspecified atom stereocenters. The number of benzene rings is 1. The second-order valence-corrected chi connectivity index (χ2v) is 8.37. The van der Waals surface area contributed by atoms with E-state index < -0.39 is 17.4 Å². The SMILES string of the molecule is CCOC(=O)c1cc2c(=O)n3ccccc3nc2n(Cc2ccco2)c1=NC(=O)c1cc(OC)cc(OC)c1. The van der Waals surface area contributed by atoms with Crippen molar-refractivity contribution in [2.24, 2.45) is 4.99 Å². The van der Waals surface area contributed by atoms with Gasteiger partial charge < -0.3 is 23.2 Å². The molecule has 0 aliphatic heterocycles. The number of esters is 1. The summed E-state index contributed by atoms with van der Waals surface area (Å²) in [6.45, 7) is 1.76. The Bertz CT molecular complexity index is 1810. The number of hydrogen-bond donors (Lipinski definition) is 0. The van der Waals surface area contributed by atoms with Crippen molar-refractivity contribution >= 4 is 28.6 Å². The van der Waals surface area contributed by atoms with Crippen LogP contribution in [-0.4, -0.2) is 46.7 Å². The number of fused-ring (bicyclic) bond motifs is 2. The maximum atomic E-state index is 13.5. The van der Waals surface area contributed by atoms with Gasteiger partial charge in [-0.2, -0.15) is 4.99 Å². The van der Waals surface area contributed by atoms with Crippen LogP contribution < -0.4 is 20.5 Å². The molecule has 39 heavy (non-hydrogen) atoms. The van der Waals surface area contributed by atoms with Crippen molar-refractivity contribution in [3.63, 3.8) is 0 Å². The van der Waals surface area contributed by atoms with Crippen molar-refractivity contribution in [3.8, 4) is 11.5 Å². The topological polar surface area (TPSA) is 127 Å². The molecule has 1 amide bonds. The summed E-state index contributed by atoms with van der Waals surface area (Å²) >= 11 is 0. The predicted octanol–water partition coefficient (Wildman–Crippen LogP) is 3.23. The average Bonchev–Trinajstić information content (AvgIpc) is 3.47. The zero-order valence-corrected chi connectivity index (χ0v) is 21.4. The van der Waals surface area contributed by atoms with E-state index >= 15 is 0 Å². The number of carbonyl (C=O) groups excluding carboxylic acids is 2. The molecule has 11 nitrogen and oxygen atoms in total. The fourth-order valence-corrected chi connectivity index (χ4v) is 4.16. The number of pyridine rings is 2. The lowest BCUT2D eigenvalue weighted by Gasteiger charge is -2.14. The Labute approximate surface area is 221 Å². The molecule has 0 aliphatic carbocycles. The van der Waals surface area contributed by atoms with Crippen molar-refractivity contribution in [1.82, 2.24) is 14.0 Å². The van der Waals surface area contributed by atoms with Crippen LogP contribution in [0.25, 0.3) is 16.7 Å². The number of ether oxygens (including phenoxy) is 3. The molecular weight excluding hydrogens is 504 g/mol. The monoisotopic (exact) mass is 528 g/mol. The Morgan fingerprint density at radius 2 is 1.79 bits per heavy atom. The van der Waals surface area contributed by atoms with E-state index in [0.717, 1.165) is 0 Å². The van der Waals surface area contributed by atoms with Crippen LogP contribution in [0.15, 0.2) is 81.3 Å². The van der Waals surface area contributed by atoms with Crippen LogP contribution in [0.5, 0.6) is 11.5 Å². The fraction of sp³-hybridized carbons (Fsp3) is 0.179. The van der Waals surface area contributed by atoms with Crippen molar-refractivity contribution in [2.45, 2.75) is 13.5 Å². The van der Waals surface area contributed by atoms with Gasteiger partial charge in [0, 0.05) is 17.8 Å². The van der Waals surface area contributed by atoms with Gasteiger partial charge in [0.25, 0.3) is 11.5 Å². The van der Waals surface area contributed by atoms with Crippen LogP contribution in [0.4, 0.5) is 0 Å². The second-order valence-electron chi connectivity index (χ2n) is 8.37. The summed E-state index contributed by atoms with van der Waals surface area (Å²) in [7, 11) is 2.93. The quantitative estimate of drug-likeness (QED) is 0.233. The first-order valence-electron chi connectivity index (χ1n) is 12.0. The number of furan rings is 1. The number of carbonyl (C=O) groups is 2. The van der Waals surface area contributed by atoms with Gasteiger partial charge >= 0.3 is 5.97 Å². The van der Waals surface area contributed by atoms with Crippen molar-refractivity contribution in [3.05, 3.63) is 99.8 Å². The summed E-state index contributed by atoms with van der Waals surface area (Å²) in [5, 5.41) is 0.141. The number of amides is 1. The van der Waals surface area contributed by atoms with E-state index in [1.54, 1.807) is 49.5 Å². The van der Waals surface area contributed by atoms with E-state index in [1.165, 1.54) is 47.6 Å². The van der Waals surface area contributed by atoms with Crippen LogP contribution >= 0.6 is 0 Å². The molecule has 198 valence electrons. The van der Waals surface area contributed by atoms with Crippen molar-refractivity contribution < 1.29 is 28.2 Å². The number of nitrogens with zero attached hydrogens (tertiary/aromatic N) is 4. The normalized spacial score (nSPS) is 11.6. The molecule has 0 radical (unpaired) electrons. The number of methoxy groups -OCH3 is 2. The van der Waals surface area contributed by atoms with Gasteiger partial charge in [0.15, 0.2) is 5.49 Å². The van der Waals surface area contributed by atoms with Gasteiger partial charge in [0.2, 0.25) is 0 Å². The second kappa shape index (κ2) is 10.7. The van der Waals surface area contributed by atoms with Crippen LogP contribution in [-0.2, 0) is 11.3 Å². The highest BCUT2D eigenvalue weighted by molar-refractivity contribution is 5.97. The zero-order chi connectivity index (χ0) is 27.5. The minimum absolute atomic E-state index is 0.0275. The highest BCUT2D eigenvalue weighted by Crippen LogP contribution is 2.23. The largest absolute Gasteiger partial charge is 0.497 e. The van der Waals surface area contributed by atoms with E-state index in [9.17, 15) is 14.4 Å². The van der Waals surface area contributed by atoms with E-state index in [0.29, 0.717) is 22.9 Å². The van der Waals surface area contributed by atoms with Crippen LogP contribution in [0.1, 0.15) is 33.4 Å². The molecule has 0 bridgehead atoms. The average molecular weight is 529 g/mol. The van der Waals surface area contributed by atoms with Gasteiger partial charge in [-0.05, 0) is 49.4 Å². The van der Waals surface area contributed by atoms with E-state index in [-0.39, 0.29) is 40.8 Å². The van der Waals surface area contributed by atoms with Gasteiger partial charge in [-0.1, -0.05) is 6.07 Å². The Morgan fingerprint density at radius 3 is 2.46 bits per heavy atom. The maximum absolute atomic E-state index is 13.5. The summed E-state index contributed by atoms with van der Waals surface area (Å²) in [4.78, 5) is 49.2.